The molecule has 0 aliphatic carbocycles. The van der Waals surface area contributed by atoms with Gasteiger partial charge < -0.3 is 10.1 Å². The van der Waals surface area contributed by atoms with Gasteiger partial charge >= 0.3 is 0 Å². The van der Waals surface area contributed by atoms with Gasteiger partial charge in [-0.2, -0.15) is 0 Å². The highest BCUT2D eigenvalue weighted by Gasteiger charge is 2.19. The molecule has 3 heteroatoms. The van der Waals surface area contributed by atoms with Crippen LogP contribution in [0.5, 0.6) is 0 Å². The Hall–Kier alpha value is -0.120. The molecule has 0 amide bonds. The quantitative estimate of drug-likeness (QED) is 0.725. The maximum absolute atomic E-state index is 5.58. The zero-order valence-corrected chi connectivity index (χ0v) is 10.5. The number of nitrogens with zero attached hydrogens (tertiary/aromatic N) is 1. The fourth-order valence-electron chi connectivity index (χ4n) is 2.30. The van der Waals surface area contributed by atoms with E-state index in [0.717, 1.165) is 26.2 Å². The van der Waals surface area contributed by atoms with Crippen LogP contribution in [0.25, 0.3) is 0 Å². The SMILES string of the molecule is CCCC1CN(CC(C)OCC)CCN1. The highest BCUT2D eigenvalue weighted by molar-refractivity contribution is 4.79. The van der Waals surface area contributed by atoms with E-state index in [0.29, 0.717) is 12.1 Å². The second kappa shape index (κ2) is 7.20. The molecular weight excluding hydrogens is 188 g/mol. The lowest BCUT2D eigenvalue weighted by Gasteiger charge is -2.35. The Morgan fingerprint density at radius 1 is 1.47 bits per heavy atom. The highest BCUT2D eigenvalue weighted by atomic mass is 16.5. The van der Waals surface area contributed by atoms with E-state index >= 15 is 0 Å². The molecule has 1 heterocycles. The van der Waals surface area contributed by atoms with Crippen LogP contribution >= 0.6 is 0 Å². The molecule has 0 aromatic carbocycles. The van der Waals surface area contributed by atoms with Crippen LogP contribution in [0.4, 0.5) is 0 Å². The lowest BCUT2D eigenvalue weighted by molar-refractivity contribution is 0.0375. The normalized spacial score (nSPS) is 25.4. The van der Waals surface area contributed by atoms with E-state index in [1.165, 1.54) is 19.4 Å². The van der Waals surface area contributed by atoms with Crippen molar-refractivity contribution in [1.29, 1.82) is 0 Å². The predicted octanol–water partition coefficient (Wildman–Crippen LogP) is 1.49. The third kappa shape index (κ3) is 4.96. The molecule has 2 unspecified atom stereocenters. The third-order valence-corrected chi connectivity index (χ3v) is 2.94. The third-order valence-electron chi connectivity index (χ3n) is 2.94. The summed E-state index contributed by atoms with van der Waals surface area (Å²) in [6.45, 7) is 11.9. The first-order chi connectivity index (χ1) is 7.26. The van der Waals surface area contributed by atoms with Crippen molar-refractivity contribution in [2.45, 2.75) is 45.8 Å². The minimum Gasteiger partial charge on any atom is -0.377 e. The predicted molar refractivity (Wildman–Crippen MR) is 64.2 cm³/mol. The van der Waals surface area contributed by atoms with E-state index in [1.807, 2.05) is 0 Å². The van der Waals surface area contributed by atoms with Gasteiger partial charge in [0.25, 0.3) is 0 Å². The highest BCUT2D eigenvalue weighted by Crippen LogP contribution is 2.06. The monoisotopic (exact) mass is 214 g/mol. The van der Waals surface area contributed by atoms with Crippen LogP contribution in [0.2, 0.25) is 0 Å². The Morgan fingerprint density at radius 2 is 2.27 bits per heavy atom. The van der Waals surface area contributed by atoms with Gasteiger partial charge in [0, 0.05) is 38.8 Å². The fourth-order valence-corrected chi connectivity index (χ4v) is 2.30. The van der Waals surface area contributed by atoms with Gasteiger partial charge in [0.1, 0.15) is 0 Å². The van der Waals surface area contributed by atoms with E-state index in [2.05, 4.69) is 31.0 Å². The van der Waals surface area contributed by atoms with E-state index in [-0.39, 0.29) is 0 Å². The molecule has 1 rings (SSSR count). The first-order valence-corrected chi connectivity index (χ1v) is 6.33. The van der Waals surface area contributed by atoms with Gasteiger partial charge in [-0.15, -0.1) is 0 Å². The summed E-state index contributed by atoms with van der Waals surface area (Å²) in [5.41, 5.74) is 0. The molecule has 0 aromatic rings. The van der Waals surface area contributed by atoms with Gasteiger partial charge in [0.2, 0.25) is 0 Å². The zero-order chi connectivity index (χ0) is 11.1. The summed E-state index contributed by atoms with van der Waals surface area (Å²) < 4.78 is 5.58. The summed E-state index contributed by atoms with van der Waals surface area (Å²) in [6, 6.07) is 0.692. The Bertz CT molecular complexity index is 160. The number of hydrogen-bond acceptors (Lipinski definition) is 3. The lowest BCUT2D eigenvalue weighted by atomic mass is 10.1. The average molecular weight is 214 g/mol. The molecule has 0 spiro atoms. The topological polar surface area (TPSA) is 24.5 Å². The van der Waals surface area contributed by atoms with Crippen molar-refractivity contribution >= 4 is 0 Å². The largest absolute Gasteiger partial charge is 0.377 e. The van der Waals surface area contributed by atoms with Crippen LogP contribution in [0, 0.1) is 0 Å². The van der Waals surface area contributed by atoms with Gasteiger partial charge in [-0.1, -0.05) is 13.3 Å². The van der Waals surface area contributed by atoms with E-state index < -0.39 is 0 Å². The van der Waals surface area contributed by atoms with Gasteiger partial charge in [-0.3, -0.25) is 4.90 Å². The molecule has 90 valence electrons. The van der Waals surface area contributed by atoms with Crippen LogP contribution < -0.4 is 5.32 Å². The Balaban J connectivity index is 2.23. The maximum atomic E-state index is 5.58. The summed E-state index contributed by atoms with van der Waals surface area (Å²) in [5.74, 6) is 0. The molecule has 2 atom stereocenters. The molecular formula is C12H26N2O. The molecule has 15 heavy (non-hydrogen) atoms. The van der Waals surface area contributed by atoms with Crippen LogP contribution in [0.3, 0.4) is 0 Å². The van der Waals surface area contributed by atoms with E-state index in [1.54, 1.807) is 0 Å². The average Bonchev–Trinajstić information content (AvgIpc) is 2.19. The molecule has 1 aliphatic rings. The molecule has 1 N–H and O–H groups in total. The number of piperazine rings is 1. The minimum absolute atomic E-state index is 0.371. The standard InChI is InChI=1S/C12H26N2O/c1-4-6-12-10-14(8-7-13-12)9-11(3)15-5-2/h11-13H,4-10H2,1-3H3. The van der Waals surface area contributed by atoms with Crippen LogP contribution in [-0.4, -0.2) is 49.8 Å². The van der Waals surface area contributed by atoms with Crippen molar-refractivity contribution in [2.24, 2.45) is 0 Å². The van der Waals surface area contributed by atoms with Crippen LogP contribution in [-0.2, 0) is 4.74 Å². The number of ether oxygens (including phenoxy) is 1. The van der Waals surface area contributed by atoms with Crippen LogP contribution in [0.1, 0.15) is 33.6 Å². The summed E-state index contributed by atoms with van der Waals surface area (Å²) in [6.07, 6.45) is 2.93. The lowest BCUT2D eigenvalue weighted by Crippen LogP contribution is -2.52. The van der Waals surface area contributed by atoms with Crippen molar-refractivity contribution in [3.63, 3.8) is 0 Å². The van der Waals surface area contributed by atoms with E-state index in [9.17, 15) is 0 Å². The van der Waals surface area contributed by atoms with Gasteiger partial charge in [0.15, 0.2) is 0 Å². The Kier molecular flexibility index (Phi) is 6.22. The molecule has 1 fully saturated rings. The molecule has 1 saturated heterocycles. The summed E-state index contributed by atoms with van der Waals surface area (Å²) in [5, 5.41) is 3.57. The van der Waals surface area contributed by atoms with Crippen molar-refractivity contribution in [1.82, 2.24) is 10.2 Å². The summed E-state index contributed by atoms with van der Waals surface area (Å²) >= 11 is 0. The number of hydrogen-bond donors (Lipinski definition) is 1. The fraction of sp³-hybridized carbons (Fsp3) is 1.00. The maximum Gasteiger partial charge on any atom is 0.0673 e. The Labute approximate surface area is 94.2 Å². The van der Waals surface area contributed by atoms with Gasteiger partial charge in [0.05, 0.1) is 6.10 Å². The molecule has 0 radical (unpaired) electrons. The van der Waals surface area contributed by atoms with Crippen molar-refractivity contribution in [3.05, 3.63) is 0 Å². The minimum atomic E-state index is 0.371. The van der Waals surface area contributed by atoms with Crippen molar-refractivity contribution < 1.29 is 4.74 Å². The first-order valence-electron chi connectivity index (χ1n) is 6.33. The van der Waals surface area contributed by atoms with Crippen molar-refractivity contribution in [2.75, 3.05) is 32.8 Å². The molecule has 0 aromatic heterocycles. The van der Waals surface area contributed by atoms with Crippen molar-refractivity contribution in [3.8, 4) is 0 Å². The summed E-state index contributed by atoms with van der Waals surface area (Å²) in [7, 11) is 0. The van der Waals surface area contributed by atoms with Crippen LogP contribution in [0.15, 0.2) is 0 Å². The zero-order valence-electron chi connectivity index (χ0n) is 10.5. The number of rotatable bonds is 6. The van der Waals surface area contributed by atoms with Gasteiger partial charge in [-0.05, 0) is 20.3 Å². The molecule has 1 aliphatic heterocycles. The molecule has 3 nitrogen and oxygen atoms in total. The van der Waals surface area contributed by atoms with E-state index in [4.69, 9.17) is 4.74 Å². The first kappa shape index (κ1) is 12.9. The molecule has 0 bridgehead atoms. The second-order valence-corrected chi connectivity index (χ2v) is 4.47. The smallest absolute Gasteiger partial charge is 0.0673 e. The van der Waals surface area contributed by atoms with Gasteiger partial charge in [-0.25, -0.2) is 0 Å². The summed E-state index contributed by atoms with van der Waals surface area (Å²) in [4.78, 5) is 2.52. The Morgan fingerprint density at radius 3 is 2.93 bits per heavy atom. The second-order valence-electron chi connectivity index (χ2n) is 4.47. The molecule has 0 saturated carbocycles. The number of nitrogens with one attached hydrogen (secondary N) is 1.